The van der Waals surface area contributed by atoms with E-state index in [0.717, 1.165) is 31.9 Å². The van der Waals surface area contributed by atoms with E-state index in [1.165, 1.54) is 19.3 Å². The number of benzene rings is 1. The molecule has 3 heteroatoms. The summed E-state index contributed by atoms with van der Waals surface area (Å²) in [6, 6.07) is 10.4. The molecular weight excluding hydrogens is 250 g/mol. The zero-order valence-electron chi connectivity index (χ0n) is 12.4. The lowest BCUT2D eigenvalue weighted by molar-refractivity contribution is -0.118. The number of para-hydroxylation sites is 1. The third kappa shape index (κ3) is 4.97. The SMILES string of the molecule is CC(=O)CC1CCCCN1CCCOc1ccccc1. The number of hydrogen-bond donors (Lipinski definition) is 0. The predicted molar refractivity (Wildman–Crippen MR) is 81.1 cm³/mol. The van der Waals surface area contributed by atoms with Gasteiger partial charge in [-0.1, -0.05) is 24.6 Å². The monoisotopic (exact) mass is 275 g/mol. The lowest BCUT2D eigenvalue weighted by atomic mass is 9.97. The fourth-order valence-corrected chi connectivity index (χ4v) is 2.89. The van der Waals surface area contributed by atoms with Gasteiger partial charge in [0.1, 0.15) is 11.5 Å². The van der Waals surface area contributed by atoms with E-state index in [0.29, 0.717) is 18.2 Å². The quantitative estimate of drug-likeness (QED) is 0.715. The summed E-state index contributed by atoms with van der Waals surface area (Å²) in [4.78, 5) is 13.8. The molecule has 1 atom stereocenters. The van der Waals surface area contributed by atoms with Gasteiger partial charge in [0.2, 0.25) is 0 Å². The number of likely N-dealkylation sites (tertiary alicyclic amines) is 1. The van der Waals surface area contributed by atoms with Crippen LogP contribution in [0.25, 0.3) is 0 Å². The van der Waals surface area contributed by atoms with Gasteiger partial charge < -0.3 is 4.74 Å². The Morgan fingerprint density at radius 3 is 2.85 bits per heavy atom. The lowest BCUT2D eigenvalue weighted by Gasteiger charge is -2.35. The normalized spacial score (nSPS) is 19.8. The minimum Gasteiger partial charge on any atom is -0.494 e. The number of carbonyl (C=O) groups is 1. The van der Waals surface area contributed by atoms with E-state index in [2.05, 4.69) is 4.90 Å². The fraction of sp³-hybridized carbons (Fsp3) is 0.588. The first kappa shape index (κ1) is 15.0. The van der Waals surface area contributed by atoms with E-state index in [-0.39, 0.29) is 0 Å². The molecule has 0 radical (unpaired) electrons. The van der Waals surface area contributed by atoms with Crippen LogP contribution in [0.15, 0.2) is 30.3 Å². The highest BCUT2D eigenvalue weighted by Gasteiger charge is 2.22. The van der Waals surface area contributed by atoms with E-state index < -0.39 is 0 Å². The molecule has 0 N–H and O–H groups in total. The maximum Gasteiger partial charge on any atom is 0.131 e. The summed E-state index contributed by atoms with van der Waals surface area (Å²) < 4.78 is 5.72. The Hall–Kier alpha value is -1.35. The summed E-state index contributed by atoms with van der Waals surface area (Å²) in [5.74, 6) is 1.24. The van der Waals surface area contributed by atoms with Gasteiger partial charge >= 0.3 is 0 Å². The van der Waals surface area contributed by atoms with Crippen LogP contribution in [-0.2, 0) is 4.79 Å². The summed E-state index contributed by atoms with van der Waals surface area (Å²) in [7, 11) is 0. The molecule has 1 aromatic rings. The molecule has 2 rings (SSSR count). The Balaban J connectivity index is 1.70. The Morgan fingerprint density at radius 2 is 2.10 bits per heavy atom. The van der Waals surface area contributed by atoms with Crippen molar-refractivity contribution in [3.05, 3.63) is 30.3 Å². The Bertz CT molecular complexity index is 405. The van der Waals surface area contributed by atoms with Gasteiger partial charge in [0.05, 0.1) is 6.61 Å². The highest BCUT2D eigenvalue weighted by molar-refractivity contribution is 5.76. The van der Waals surface area contributed by atoms with Crippen LogP contribution >= 0.6 is 0 Å². The first-order chi connectivity index (χ1) is 9.75. The zero-order valence-corrected chi connectivity index (χ0v) is 12.4. The van der Waals surface area contributed by atoms with E-state index in [4.69, 9.17) is 4.74 Å². The van der Waals surface area contributed by atoms with Gasteiger partial charge in [-0.2, -0.15) is 0 Å². The second-order valence-corrected chi connectivity index (χ2v) is 5.61. The molecule has 0 saturated carbocycles. The number of piperidine rings is 1. The molecule has 1 unspecified atom stereocenters. The predicted octanol–water partition coefficient (Wildman–Crippen LogP) is 3.29. The molecule has 1 aliphatic heterocycles. The minimum absolute atomic E-state index is 0.308. The third-order valence-corrected chi connectivity index (χ3v) is 3.87. The Morgan fingerprint density at radius 1 is 1.30 bits per heavy atom. The van der Waals surface area contributed by atoms with Gasteiger partial charge in [0.15, 0.2) is 0 Å². The number of carbonyl (C=O) groups excluding carboxylic acids is 1. The number of rotatable bonds is 7. The number of nitrogens with zero attached hydrogens (tertiary/aromatic N) is 1. The molecule has 1 aliphatic rings. The molecule has 0 aromatic heterocycles. The number of Topliss-reactive ketones (excluding diaryl/α,β-unsaturated/α-hetero) is 1. The maximum absolute atomic E-state index is 11.3. The van der Waals surface area contributed by atoms with E-state index >= 15 is 0 Å². The van der Waals surface area contributed by atoms with E-state index in [1.807, 2.05) is 30.3 Å². The van der Waals surface area contributed by atoms with Gasteiger partial charge in [0, 0.05) is 19.0 Å². The van der Waals surface area contributed by atoms with Gasteiger partial charge in [-0.3, -0.25) is 9.69 Å². The van der Waals surface area contributed by atoms with Crippen molar-refractivity contribution < 1.29 is 9.53 Å². The van der Waals surface area contributed by atoms with Crippen LogP contribution in [0, 0.1) is 0 Å². The molecule has 0 bridgehead atoms. The maximum atomic E-state index is 11.3. The summed E-state index contributed by atoms with van der Waals surface area (Å²) in [5.41, 5.74) is 0. The second kappa shape index (κ2) is 8.05. The van der Waals surface area contributed by atoms with Gasteiger partial charge in [-0.25, -0.2) is 0 Å². The Labute approximate surface area is 121 Å². The van der Waals surface area contributed by atoms with Crippen LogP contribution < -0.4 is 4.74 Å². The van der Waals surface area contributed by atoms with Crippen molar-refractivity contribution in [1.82, 2.24) is 4.90 Å². The molecule has 3 nitrogen and oxygen atoms in total. The van der Waals surface area contributed by atoms with Crippen LogP contribution in [0.3, 0.4) is 0 Å². The highest BCUT2D eigenvalue weighted by Crippen LogP contribution is 2.20. The van der Waals surface area contributed by atoms with Gasteiger partial charge in [-0.15, -0.1) is 0 Å². The van der Waals surface area contributed by atoms with Gasteiger partial charge in [0.25, 0.3) is 0 Å². The largest absolute Gasteiger partial charge is 0.494 e. The number of ketones is 1. The van der Waals surface area contributed by atoms with Crippen molar-refractivity contribution in [2.45, 2.75) is 45.1 Å². The van der Waals surface area contributed by atoms with Crippen molar-refractivity contribution in [3.63, 3.8) is 0 Å². The highest BCUT2D eigenvalue weighted by atomic mass is 16.5. The summed E-state index contributed by atoms with van der Waals surface area (Å²) in [6.07, 6.45) is 5.41. The van der Waals surface area contributed by atoms with Crippen molar-refractivity contribution in [2.24, 2.45) is 0 Å². The number of hydrogen-bond acceptors (Lipinski definition) is 3. The molecule has 20 heavy (non-hydrogen) atoms. The van der Waals surface area contributed by atoms with Crippen LogP contribution in [0.4, 0.5) is 0 Å². The molecule has 1 saturated heterocycles. The van der Waals surface area contributed by atoms with Crippen molar-refractivity contribution in [1.29, 1.82) is 0 Å². The first-order valence-electron chi connectivity index (χ1n) is 7.67. The summed E-state index contributed by atoms with van der Waals surface area (Å²) in [6.45, 7) is 4.60. The zero-order chi connectivity index (χ0) is 14.2. The molecule has 110 valence electrons. The summed E-state index contributed by atoms with van der Waals surface area (Å²) in [5, 5.41) is 0. The van der Waals surface area contributed by atoms with E-state index in [1.54, 1.807) is 6.92 Å². The second-order valence-electron chi connectivity index (χ2n) is 5.61. The van der Waals surface area contributed by atoms with Crippen molar-refractivity contribution in [3.8, 4) is 5.75 Å². The molecule has 1 aromatic carbocycles. The number of ether oxygens (including phenoxy) is 1. The molecule has 1 heterocycles. The molecule has 0 aliphatic carbocycles. The lowest BCUT2D eigenvalue weighted by Crippen LogP contribution is -2.41. The first-order valence-corrected chi connectivity index (χ1v) is 7.67. The van der Waals surface area contributed by atoms with Crippen LogP contribution in [-0.4, -0.2) is 36.4 Å². The Kier molecular flexibility index (Phi) is 6.06. The average Bonchev–Trinajstić information content (AvgIpc) is 2.46. The molecule has 0 amide bonds. The fourth-order valence-electron chi connectivity index (χ4n) is 2.89. The summed E-state index contributed by atoms with van der Waals surface area (Å²) >= 11 is 0. The molecule has 0 spiro atoms. The minimum atomic E-state index is 0.308. The van der Waals surface area contributed by atoms with Crippen molar-refractivity contribution in [2.75, 3.05) is 19.7 Å². The topological polar surface area (TPSA) is 29.5 Å². The smallest absolute Gasteiger partial charge is 0.131 e. The van der Waals surface area contributed by atoms with E-state index in [9.17, 15) is 4.79 Å². The van der Waals surface area contributed by atoms with Crippen LogP contribution in [0.1, 0.15) is 39.0 Å². The standard InChI is InChI=1S/C17H25NO2/c1-15(19)14-16-8-5-6-11-18(16)12-7-13-20-17-9-3-2-4-10-17/h2-4,9-10,16H,5-8,11-14H2,1H3. The molecule has 1 fully saturated rings. The van der Waals surface area contributed by atoms with Crippen LogP contribution in [0.5, 0.6) is 5.75 Å². The van der Waals surface area contributed by atoms with Crippen LogP contribution in [0.2, 0.25) is 0 Å². The van der Waals surface area contributed by atoms with Crippen molar-refractivity contribution >= 4 is 5.78 Å². The third-order valence-electron chi connectivity index (χ3n) is 3.87. The van der Waals surface area contributed by atoms with Gasteiger partial charge in [-0.05, 0) is 44.9 Å². The average molecular weight is 275 g/mol. The molecular formula is C17H25NO2.